The summed E-state index contributed by atoms with van der Waals surface area (Å²) in [4.78, 5) is 0. The second-order valence-electron chi connectivity index (χ2n) is 1.53. The van der Waals surface area contributed by atoms with Crippen LogP contribution in [0.15, 0.2) is 0 Å². The van der Waals surface area contributed by atoms with E-state index in [1.807, 2.05) is 0 Å². The monoisotopic (exact) mass is 226 g/mol. The lowest BCUT2D eigenvalue weighted by Crippen LogP contribution is -2.01. The maximum Gasteiger partial charge on any atom is 0.190 e. The normalized spacial score (nSPS) is 12.0. The van der Waals surface area contributed by atoms with Crippen LogP contribution in [0.3, 0.4) is 0 Å². The standard InChI is InChI=1S/C4H6Cl4S/c5-4(6,7)2-1-3-9-8/h1-3H2. The highest BCUT2D eigenvalue weighted by Gasteiger charge is 2.17. The number of halogens is 4. The zero-order valence-corrected chi connectivity index (χ0v) is 8.38. The maximum atomic E-state index is 5.45. The van der Waals surface area contributed by atoms with Gasteiger partial charge < -0.3 is 0 Å². The van der Waals surface area contributed by atoms with E-state index < -0.39 is 3.79 Å². The quantitative estimate of drug-likeness (QED) is 0.519. The first kappa shape index (κ1) is 10.5. The van der Waals surface area contributed by atoms with E-state index in [9.17, 15) is 0 Å². The van der Waals surface area contributed by atoms with E-state index >= 15 is 0 Å². The highest BCUT2D eigenvalue weighted by atomic mass is 35.7. The van der Waals surface area contributed by atoms with Crippen molar-refractivity contribution < 1.29 is 0 Å². The molecule has 0 spiro atoms. The number of hydrogen-bond donors (Lipinski definition) is 0. The van der Waals surface area contributed by atoms with Crippen LogP contribution in [0, 0.1) is 0 Å². The highest BCUT2D eigenvalue weighted by molar-refractivity contribution is 8.21. The first-order chi connectivity index (χ1) is 4.06. The van der Waals surface area contributed by atoms with Gasteiger partial charge in [-0.15, -0.1) is 0 Å². The molecule has 0 N–H and O–H groups in total. The molecule has 0 bridgehead atoms. The van der Waals surface area contributed by atoms with Crippen LogP contribution in [-0.2, 0) is 0 Å². The van der Waals surface area contributed by atoms with Gasteiger partial charge in [-0.25, -0.2) is 0 Å². The zero-order chi connectivity index (χ0) is 7.33. The Morgan fingerprint density at radius 3 is 2.11 bits per heavy atom. The number of rotatable bonds is 3. The van der Waals surface area contributed by atoms with Crippen LogP contribution in [0.25, 0.3) is 0 Å². The Balaban J connectivity index is 3.07. The molecular formula is C4H6Cl4S. The lowest BCUT2D eigenvalue weighted by Gasteiger charge is -2.07. The van der Waals surface area contributed by atoms with Crippen molar-refractivity contribution in [1.29, 1.82) is 0 Å². The molecule has 0 heterocycles. The van der Waals surface area contributed by atoms with Crippen LogP contribution in [0.2, 0.25) is 0 Å². The fraction of sp³-hybridized carbons (Fsp3) is 1.00. The molecule has 0 saturated heterocycles. The summed E-state index contributed by atoms with van der Waals surface area (Å²) in [6, 6.07) is 0. The minimum Gasteiger partial charge on any atom is -0.0837 e. The summed E-state index contributed by atoms with van der Waals surface area (Å²) in [6.07, 6.45) is 1.40. The Morgan fingerprint density at radius 1 is 1.22 bits per heavy atom. The average Bonchev–Trinajstić information content (AvgIpc) is 1.63. The Bertz CT molecular complexity index is 69.5. The van der Waals surface area contributed by atoms with Crippen LogP contribution in [-0.4, -0.2) is 9.55 Å². The van der Waals surface area contributed by atoms with Gasteiger partial charge in [-0.2, -0.15) is 0 Å². The Kier molecular flexibility index (Phi) is 6.07. The molecule has 0 unspecified atom stereocenters. The summed E-state index contributed by atoms with van der Waals surface area (Å²) < 4.78 is -1.10. The lowest BCUT2D eigenvalue weighted by atomic mass is 10.4. The highest BCUT2D eigenvalue weighted by Crippen LogP contribution is 2.31. The molecule has 0 radical (unpaired) electrons. The van der Waals surface area contributed by atoms with E-state index in [1.54, 1.807) is 0 Å². The molecule has 0 aromatic carbocycles. The maximum absolute atomic E-state index is 5.45. The summed E-state index contributed by atoms with van der Waals surface area (Å²) in [5.41, 5.74) is 0. The summed E-state index contributed by atoms with van der Waals surface area (Å²) in [7, 11) is 6.56. The first-order valence-corrected chi connectivity index (χ1v) is 5.31. The minimum atomic E-state index is -1.10. The molecule has 0 aliphatic heterocycles. The topological polar surface area (TPSA) is 0 Å². The van der Waals surface area contributed by atoms with Gasteiger partial charge in [-0.3, -0.25) is 0 Å². The van der Waals surface area contributed by atoms with Crippen LogP contribution in [0.4, 0.5) is 0 Å². The van der Waals surface area contributed by atoms with Crippen molar-refractivity contribution in [3.05, 3.63) is 0 Å². The minimum absolute atomic E-state index is 0.567. The van der Waals surface area contributed by atoms with E-state index in [1.165, 1.54) is 11.0 Å². The van der Waals surface area contributed by atoms with Crippen molar-refractivity contribution in [2.45, 2.75) is 16.6 Å². The molecule has 0 aromatic heterocycles. The van der Waals surface area contributed by atoms with Gasteiger partial charge in [0.25, 0.3) is 0 Å². The fourth-order valence-electron chi connectivity index (χ4n) is 0.327. The SMILES string of the molecule is ClSCCCC(Cl)(Cl)Cl. The zero-order valence-electron chi connectivity index (χ0n) is 4.54. The van der Waals surface area contributed by atoms with Crippen molar-refractivity contribution in [2.24, 2.45) is 0 Å². The van der Waals surface area contributed by atoms with Crippen molar-refractivity contribution in [2.75, 3.05) is 5.75 Å². The molecule has 0 aliphatic rings. The van der Waals surface area contributed by atoms with Crippen molar-refractivity contribution >= 4 is 56.5 Å². The van der Waals surface area contributed by atoms with Gasteiger partial charge in [-0.05, 0) is 23.5 Å². The summed E-state index contributed by atoms with van der Waals surface area (Å²) in [5, 5.41) is 0. The third-order valence-electron chi connectivity index (χ3n) is 0.682. The van der Waals surface area contributed by atoms with Gasteiger partial charge in [0.2, 0.25) is 0 Å². The van der Waals surface area contributed by atoms with E-state index in [0.29, 0.717) is 6.42 Å². The molecule has 0 nitrogen and oxygen atoms in total. The molecule has 0 rings (SSSR count). The molecule has 0 aromatic rings. The molecule has 0 fully saturated rings. The summed E-state index contributed by atoms with van der Waals surface area (Å²) >= 11 is 16.3. The lowest BCUT2D eigenvalue weighted by molar-refractivity contribution is 0.832. The molecular weight excluding hydrogens is 222 g/mol. The van der Waals surface area contributed by atoms with Crippen LogP contribution >= 0.6 is 56.5 Å². The number of hydrogen-bond acceptors (Lipinski definition) is 1. The van der Waals surface area contributed by atoms with Crippen molar-refractivity contribution in [3.8, 4) is 0 Å². The Hall–Kier alpha value is 1.51. The smallest absolute Gasteiger partial charge is 0.0837 e. The fourth-order valence-corrected chi connectivity index (χ4v) is 1.31. The molecule has 0 amide bonds. The van der Waals surface area contributed by atoms with Gasteiger partial charge >= 0.3 is 0 Å². The largest absolute Gasteiger partial charge is 0.190 e. The third kappa shape index (κ3) is 9.51. The second kappa shape index (κ2) is 5.20. The molecule has 0 aliphatic carbocycles. The van der Waals surface area contributed by atoms with Gasteiger partial charge in [0.15, 0.2) is 3.79 Å². The predicted octanol–water partition coefficient (Wildman–Crippen LogP) is 4.02. The van der Waals surface area contributed by atoms with Crippen molar-refractivity contribution in [3.63, 3.8) is 0 Å². The van der Waals surface area contributed by atoms with Crippen LogP contribution < -0.4 is 0 Å². The van der Waals surface area contributed by atoms with E-state index in [2.05, 4.69) is 0 Å². The Labute approximate surface area is 78.7 Å². The number of alkyl halides is 3. The van der Waals surface area contributed by atoms with E-state index in [-0.39, 0.29) is 0 Å². The molecule has 9 heavy (non-hydrogen) atoms. The molecule has 0 saturated carbocycles. The van der Waals surface area contributed by atoms with Crippen LogP contribution in [0.1, 0.15) is 12.8 Å². The van der Waals surface area contributed by atoms with Gasteiger partial charge in [-0.1, -0.05) is 45.8 Å². The van der Waals surface area contributed by atoms with Gasteiger partial charge in [0, 0.05) is 5.75 Å². The third-order valence-corrected chi connectivity index (χ3v) is 2.15. The molecule has 56 valence electrons. The van der Waals surface area contributed by atoms with Crippen molar-refractivity contribution in [1.82, 2.24) is 0 Å². The average molecular weight is 228 g/mol. The predicted molar refractivity (Wildman–Crippen MR) is 47.8 cm³/mol. The first-order valence-electron chi connectivity index (χ1n) is 2.36. The van der Waals surface area contributed by atoms with Gasteiger partial charge in [0.05, 0.1) is 0 Å². The van der Waals surface area contributed by atoms with E-state index in [4.69, 9.17) is 45.5 Å². The molecule has 0 atom stereocenters. The van der Waals surface area contributed by atoms with Gasteiger partial charge in [0.1, 0.15) is 0 Å². The summed E-state index contributed by atoms with van der Waals surface area (Å²) in [5.74, 6) is 0.829. The van der Waals surface area contributed by atoms with E-state index in [0.717, 1.165) is 12.2 Å². The van der Waals surface area contributed by atoms with Crippen LogP contribution in [0.5, 0.6) is 0 Å². The molecule has 5 heteroatoms. The second-order valence-corrected chi connectivity index (χ2v) is 5.33. The Morgan fingerprint density at radius 2 is 1.78 bits per heavy atom. The summed E-state index contributed by atoms with van der Waals surface area (Å²) in [6.45, 7) is 0.